The van der Waals surface area contributed by atoms with E-state index in [9.17, 15) is 4.39 Å². The Labute approximate surface area is 169 Å². The summed E-state index contributed by atoms with van der Waals surface area (Å²) < 4.78 is 19.3. The van der Waals surface area contributed by atoms with Gasteiger partial charge in [0.2, 0.25) is 5.95 Å². The Bertz CT molecular complexity index is 975. The van der Waals surface area contributed by atoms with Crippen molar-refractivity contribution in [3.05, 3.63) is 71.7 Å². The Balaban J connectivity index is 1.52. The van der Waals surface area contributed by atoms with Crippen molar-refractivity contribution in [2.75, 3.05) is 41.8 Å². The lowest BCUT2D eigenvalue weighted by molar-refractivity contribution is 0.123. The van der Waals surface area contributed by atoms with Crippen molar-refractivity contribution in [3.8, 4) is 0 Å². The molecule has 0 bridgehead atoms. The quantitative estimate of drug-likeness (QED) is 0.657. The first kappa shape index (κ1) is 19.1. The number of nitrogens with zero attached hydrogens (tertiary/aromatic N) is 3. The minimum atomic E-state index is -0.233. The van der Waals surface area contributed by atoms with Gasteiger partial charge in [-0.05, 0) is 25.1 Å². The number of morpholine rings is 1. The summed E-state index contributed by atoms with van der Waals surface area (Å²) in [5.41, 5.74) is 3.46. The summed E-state index contributed by atoms with van der Waals surface area (Å²) in [6.07, 6.45) is 0. The lowest BCUT2D eigenvalue weighted by atomic mass is 10.2. The number of aryl methyl sites for hydroxylation is 1. The van der Waals surface area contributed by atoms with Crippen molar-refractivity contribution in [3.63, 3.8) is 0 Å². The van der Waals surface area contributed by atoms with Gasteiger partial charge < -0.3 is 20.3 Å². The van der Waals surface area contributed by atoms with Gasteiger partial charge in [0.05, 0.1) is 24.6 Å². The molecule has 0 unspecified atom stereocenters. The van der Waals surface area contributed by atoms with E-state index in [4.69, 9.17) is 4.74 Å². The molecular formula is C22H24FN5O. The molecule has 4 rings (SSSR count). The van der Waals surface area contributed by atoms with Crippen molar-refractivity contribution in [2.45, 2.75) is 13.5 Å². The normalized spacial score (nSPS) is 13.9. The van der Waals surface area contributed by atoms with Gasteiger partial charge in [-0.2, -0.15) is 4.98 Å². The molecule has 1 saturated heterocycles. The SMILES string of the molecule is Cc1cc(NCc2ccccc2F)nc(Nc2ccccc2N2CCOCC2)n1. The second-order valence-corrected chi connectivity index (χ2v) is 6.90. The first-order chi connectivity index (χ1) is 14.2. The van der Waals surface area contributed by atoms with Gasteiger partial charge in [0, 0.05) is 37.0 Å². The summed E-state index contributed by atoms with van der Waals surface area (Å²) >= 11 is 0. The predicted molar refractivity (Wildman–Crippen MR) is 113 cm³/mol. The second-order valence-electron chi connectivity index (χ2n) is 6.90. The van der Waals surface area contributed by atoms with Gasteiger partial charge in [-0.1, -0.05) is 30.3 Å². The largest absolute Gasteiger partial charge is 0.378 e. The molecule has 3 aromatic rings. The van der Waals surface area contributed by atoms with E-state index in [2.05, 4.69) is 31.6 Å². The van der Waals surface area contributed by atoms with Crippen LogP contribution < -0.4 is 15.5 Å². The summed E-state index contributed by atoms with van der Waals surface area (Å²) in [5, 5.41) is 6.53. The Hall–Kier alpha value is -3.19. The maximum atomic E-state index is 13.9. The lowest BCUT2D eigenvalue weighted by Crippen LogP contribution is -2.36. The highest BCUT2D eigenvalue weighted by atomic mass is 19.1. The molecular weight excluding hydrogens is 369 g/mol. The molecule has 1 aliphatic heterocycles. The number of nitrogens with one attached hydrogen (secondary N) is 2. The third-order valence-corrected chi connectivity index (χ3v) is 4.77. The monoisotopic (exact) mass is 393 g/mol. The zero-order valence-corrected chi connectivity index (χ0v) is 16.4. The van der Waals surface area contributed by atoms with Crippen molar-refractivity contribution >= 4 is 23.1 Å². The standard InChI is InChI=1S/C22H24FN5O/c1-16-14-21(24-15-17-6-2-3-7-18(17)23)27-22(25-16)26-19-8-4-5-9-20(19)28-10-12-29-13-11-28/h2-9,14H,10-13,15H2,1H3,(H2,24,25,26,27). The first-order valence-corrected chi connectivity index (χ1v) is 9.71. The molecule has 7 heteroatoms. The average Bonchev–Trinajstić information content (AvgIpc) is 2.74. The topological polar surface area (TPSA) is 62.3 Å². The molecule has 2 N–H and O–H groups in total. The van der Waals surface area contributed by atoms with Crippen LogP contribution in [0, 0.1) is 12.7 Å². The van der Waals surface area contributed by atoms with E-state index in [0.717, 1.165) is 43.4 Å². The van der Waals surface area contributed by atoms with Gasteiger partial charge in [0.15, 0.2) is 0 Å². The number of aromatic nitrogens is 2. The van der Waals surface area contributed by atoms with Gasteiger partial charge in [-0.25, -0.2) is 9.37 Å². The third-order valence-electron chi connectivity index (χ3n) is 4.77. The van der Waals surface area contributed by atoms with E-state index < -0.39 is 0 Å². The number of hydrogen-bond acceptors (Lipinski definition) is 6. The van der Waals surface area contributed by atoms with Crippen molar-refractivity contribution < 1.29 is 9.13 Å². The van der Waals surface area contributed by atoms with E-state index in [1.165, 1.54) is 6.07 Å². The zero-order chi connectivity index (χ0) is 20.1. The summed E-state index contributed by atoms with van der Waals surface area (Å²) in [6.45, 7) is 5.41. The van der Waals surface area contributed by atoms with Gasteiger partial charge in [-0.3, -0.25) is 0 Å². The maximum Gasteiger partial charge on any atom is 0.229 e. The Morgan fingerprint density at radius 2 is 1.79 bits per heavy atom. The summed E-state index contributed by atoms with van der Waals surface area (Å²) in [6, 6.07) is 16.7. The van der Waals surface area contributed by atoms with Crippen LogP contribution in [-0.2, 0) is 11.3 Å². The number of para-hydroxylation sites is 2. The fourth-order valence-corrected chi connectivity index (χ4v) is 3.32. The van der Waals surface area contributed by atoms with Crippen molar-refractivity contribution in [1.29, 1.82) is 0 Å². The number of anilines is 4. The molecule has 6 nitrogen and oxygen atoms in total. The van der Waals surface area contributed by atoms with Gasteiger partial charge in [-0.15, -0.1) is 0 Å². The lowest BCUT2D eigenvalue weighted by Gasteiger charge is -2.30. The molecule has 0 aliphatic carbocycles. The highest BCUT2D eigenvalue weighted by Crippen LogP contribution is 2.28. The van der Waals surface area contributed by atoms with Crippen LogP contribution in [0.15, 0.2) is 54.6 Å². The molecule has 0 atom stereocenters. The third kappa shape index (κ3) is 4.81. The van der Waals surface area contributed by atoms with E-state index in [0.29, 0.717) is 23.9 Å². The number of benzene rings is 2. The highest BCUT2D eigenvalue weighted by molar-refractivity contribution is 5.73. The van der Waals surface area contributed by atoms with Crippen LogP contribution in [0.1, 0.15) is 11.3 Å². The smallest absolute Gasteiger partial charge is 0.229 e. The van der Waals surface area contributed by atoms with Crippen LogP contribution in [0.4, 0.5) is 27.5 Å². The summed E-state index contributed by atoms with van der Waals surface area (Å²) in [4.78, 5) is 11.4. The molecule has 2 aromatic carbocycles. The number of halogens is 1. The molecule has 2 heterocycles. The van der Waals surface area contributed by atoms with Crippen LogP contribution in [0.3, 0.4) is 0 Å². The predicted octanol–water partition coefficient (Wildman–Crippen LogP) is 4.12. The number of rotatable bonds is 6. The average molecular weight is 393 g/mol. The fourth-order valence-electron chi connectivity index (χ4n) is 3.32. The van der Waals surface area contributed by atoms with Gasteiger partial charge >= 0.3 is 0 Å². The van der Waals surface area contributed by atoms with E-state index >= 15 is 0 Å². The van der Waals surface area contributed by atoms with Gasteiger partial charge in [0.1, 0.15) is 11.6 Å². The maximum absolute atomic E-state index is 13.9. The van der Waals surface area contributed by atoms with Crippen LogP contribution >= 0.6 is 0 Å². The second kappa shape index (κ2) is 8.87. The molecule has 0 spiro atoms. The van der Waals surface area contributed by atoms with Crippen LogP contribution in [0.5, 0.6) is 0 Å². The Morgan fingerprint density at radius 3 is 2.62 bits per heavy atom. The number of ether oxygens (including phenoxy) is 1. The van der Waals surface area contributed by atoms with Crippen LogP contribution in [0.2, 0.25) is 0 Å². The van der Waals surface area contributed by atoms with E-state index in [1.807, 2.05) is 37.3 Å². The molecule has 0 amide bonds. The van der Waals surface area contributed by atoms with Crippen molar-refractivity contribution in [2.24, 2.45) is 0 Å². The molecule has 1 fully saturated rings. The molecule has 1 aliphatic rings. The van der Waals surface area contributed by atoms with Gasteiger partial charge in [0.25, 0.3) is 0 Å². The molecule has 29 heavy (non-hydrogen) atoms. The van der Waals surface area contributed by atoms with E-state index in [1.54, 1.807) is 12.1 Å². The summed E-state index contributed by atoms with van der Waals surface area (Å²) in [5.74, 6) is 0.914. The minimum absolute atomic E-state index is 0.233. The van der Waals surface area contributed by atoms with Crippen LogP contribution in [0.25, 0.3) is 0 Å². The molecule has 1 aromatic heterocycles. The fraction of sp³-hybridized carbons (Fsp3) is 0.273. The summed E-state index contributed by atoms with van der Waals surface area (Å²) in [7, 11) is 0. The Kier molecular flexibility index (Phi) is 5.86. The molecule has 0 radical (unpaired) electrons. The van der Waals surface area contributed by atoms with E-state index in [-0.39, 0.29) is 5.82 Å². The first-order valence-electron chi connectivity index (χ1n) is 9.71. The van der Waals surface area contributed by atoms with Crippen molar-refractivity contribution in [1.82, 2.24) is 9.97 Å². The Morgan fingerprint density at radius 1 is 1.03 bits per heavy atom. The highest BCUT2D eigenvalue weighted by Gasteiger charge is 2.15. The van der Waals surface area contributed by atoms with Crippen LogP contribution in [-0.4, -0.2) is 36.3 Å². The molecule has 150 valence electrons. The molecule has 0 saturated carbocycles. The number of hydrogen-bond donors (Lipinski definition) is 2. The minimum Gasteiger partial charge on any atom is -0.378 e. The zero-order valence-electron chi connectivity index (χ0n) is 16.4.